The van der Waals surface area contributed by atoms with E-state index in [2.05, 4.69) is 0 Å². The summed E-state index contributed by atoms with van der Waals surface area (Å²) in [5.41, 5.74) is 1.14. The minimum absolute atomic E-state index is 0.0659. The van der Waals surface area contributed by atoms with Gasteiger partial charge in [0.2, 0.25) is 0 Å². The van der Waals surface area contributed by atoms with Crippen molar-refractivity contribution in [1.82, 2.24) is 0 Å². The summed E-state index contributed by atoms with van der Waals surface area (Å²) in [6, 6.07) is 13.4. The van der Waals surface area contributed by atoms with Crippen molar-refractivity contribution >= 4 is 0 Å². The maximum atomic E-state index is 12.0. The third-order valence-electron chi connectivity index (χ3n) is 4.23. The number of para-hydroxylation sites is 2. The SMILES string of the molecule is COc1ccccc1CC(O)CC(F)(F)F.COc1ccccc1C[C@@H](O)CC(F)(F)F. The molecule has 2 N–H and O–H groups in total. The summed E-state index contributed by atoms with van der Waals surface area (Å²) >= 11 is 0. The van der Waals surface area contributed by atoms with Gasteiger partial charge in [-0.25, -0.2) is 0 Å². The molecule has 0 radical (unpaired) electrons. The molecule has 0 heterocycles. The number of aliphatic hydroxyl groups is 2. The molecule has 0 aliphatic carbocycles. The lowest BCUT2D eigenvalue weighted by molar-refractivity contribution is -0.154. The molecule has 32 heavy (non-hydrogen) atoms. The molecule has 0 aliphatic rings. The van der Waals surface area contributed by atoms with E-state index in [1.165, 1.54) is 14.2 Å². The summed E-state index contributed by atoms with van der Waals surface area (Å²) in [6.45, 7) is 0. The van der Waals surface area contributed by atoms with Crippen molar-refractivity contribution in [3.63, 3.8) is 0 Å². The molecule has 1 unspecified atom stereocenters. The molecule has 0 spiro atoms. The lowest BCUT2D eigenvalue weighted by Gasteiger charge is -2.14. The van der Waals surface area contributed by atoms with Crippen molar-refractivity contribution in [2.75, 3.05) is 14.2 Å². The maximum absolute atomic E-state index is 12.0. The Kier molecular flexibility index (Phi) is 10.8. The first-order valence-corrected chi connectivity index (χ1v) is 9.58. The molecule has 2 aromatic carbocycles. The number of ether oxygens (including phenoxy) is 2. The average molecular weight is 468 g/mol. The van der Waals surface area contributed by atoms with Gasteiger partial charge in [-0.05, 0) is 23.3 Å². The summed E-state index contributed by atoms with van der Waals surface area (Å²) < 4.78 is 82.0. The summed E-state index contributed by atoms with van der Waals surface area (Å²) in [6.07, 6.45) is -14.1. The van der Waals surface area contributed by atoms with E-state index in [0.717, 1.165) is 0 Å². The highest BCUT2D eigenvalue weighted by molar-refractivity contribution is 5.34. The normalized spacial score (nSPS) is 13.6. The van der Waals surface area contributed by atoms with Gasteiger partial charge in [-0.15, -0.1) is 0 Å². The topological polar surface area (TPSA) is 58.9 Å². The molecule has 0 saturated heterocycles. The minimum Gasteiger partial charge on any atom is -0.496 e. The van der Waals surface area contributed by atoms with E-state index in [9.17, 15) is 36.6 Å². The molecule has 4 nitrogen and oxygen atoms in total. The fraction of sp³-hybridized carbons (Fsp3) is 0.455. The molecule has 0 aromatic heterocycles. The molecule has 2 atom stereocenters. The van der Waals surface area contributed by atoms with Gasteiger partial charge in [0.15, 0.2) is 0 Å². The molecular weight excluding hydrogens is 442 g/mol. The van der Waals surface area contributed by atoms with Crippen LogP contribution in [-0.4, -0.2) is 49.0 Å². The first-order valence-electron chi connectivity index (χ1n) is 9.58. The molecule has 2 aromatic rings. The first-order chi connectivity index (χ1) is 14.8. The molecule has 2 rings (SSSR count). The van der Waals surface area contributed by atoms with Crippen LogP contribution < -0.4 is 9.47 Å². The van der Waals surface area contributed by atoms with Gasteiger partial charge in [0.25, 0.3) is 0 Å². The molecule has 0 fully saturated rings. The van der Waals surface area contributed by atoms with Crippen LogP contribution in [0.5, 0.6) is 11.5 Å². The van der Waals surface area contributed by atoms with Crippen LogP contribution in [-0.2, 0) is 12.8 Å². The van der Waals surface area contributed by atoms with E-state index < -0.39 is 37.4 Å². The minimum atomic E-state index is -4.35. The highest BCUT2D eigenvalue weighted by atomic mass is 19.4. The van der Waals surface area contributed by atoms with Crippen LogP contribution in [0, 0.1) is 0 Å². The van der Waals surface area contributed by atoms with E-state index >= 15 is 0 Å². The first kappa shape index (κ1) is 27.6. The van der Waals surface area contributed by atoms with Crippen molar-refractivity contribution in [3.05, 3.63) is 59.7 Å². The molecule has 180 valence electrons. The molecule has 0 aliphatic heterocycles. The van der Waals surface area contributed by atoms with Gasteiger partial charge in [-0.2, -0.15) is 26.3 Å². The second-order valence-electron chi connectivity index (χ2n) is 6.98. The van der Waals surface area contributed by atoms with Crippen LogP contribution in [0.25, 0.3) is 0 Å². The lowest BCUT2D eigenvalue weighted by Crippen LogP contribution is -2.21. The fourth-order valence-electron chi connectivity index (χ4n) is 2.93. The van der Waals surface area contributed by atoms with Crippen LogP contribution in [0.1, 0.15) is 24.0 Å². The van der Waals surface area contributed by atoms with Crippen molar-refractivity contribution in [2.24, 2.45) is 0 Å². The Hall–Kier alpha value is -2.46. The number of alkyl halides is 6. The second-order valence-corrected chi connectivity index (χ2v) is 6.98. The predicted octanol–water partition coefficient (Wildman–Crippen LogP) is 5.10. The van der Waals surface area contributed by atoms with Crippen molar-refractivity contribution in [2.45, 2.75) is 50.2 Å². The van der Waals surface area contributed by atoms with E-state index in [-0.39, 0.29) is 12.8 Å². The van der Waals surface area contributed by atoms with Gasteiger partial charge in [0.1, 0.15) is 11.5 Å². The summed E-state index contributed by atoms with van der Waals surface area (Å²) in [5.74, 6) is 0.979. The molecule has 0 amide bonds. The third kappa shape index (κ3) is 11.2. The van der Waals surface area contributed by atoms with Crippen LogP contribution in [0.15, 0.2) is 48.5 Å². The predicted molar refractivity (Wildman–Crippen MR) is 107 cm³/mol. The van der Waals surface area contributed by atoms with Gasteiger partial charge in [-0.3, -0.25) is 0 Å². The van der Waals surface area contributed by atoms with Crippen molar-refractivity contribution in [3.8, 4) is 11.5 Å². The Balaban J connectivity index is 0.000000320. The second kappa shape index (κ2) is 12.5. The molecule has 0 bridgehead atoms. The van der Waals surface area contributed by atoms with E-state index in [0.29, 0.717) is 22.6 Å². The number of benzene rings is 2. The summed E-state index contributed by atoms with van der Waals surface area (Å²) in [7, 11) is 2.88. The number of hydrogen-bond donors (Lipinski definition) is 2. The van der Waals surface area contributed by atoms with Gasteiger partial charge in [0, 0.05) is 12.8 Å². The Morgan fingerprint density at radius 2 is 0.969 bits per heavy atom. The van der Waals surface area contributed by atoms with Gasteiger partial charge >= 0.3 is 12.4 Å². The highest BCUT2D eigenvalue weighted by Gasteiger charge is 2.32. The van der Waals surface area contributed by atoms with E-state index in [1.807, 2.05) is 0 Å². The smallest absolute Gasteiger partial charge is 0.391 e. The van der Waals surface area contributed by atoms with Crippen molar-refractivity contribution < 1.29 is 46.0 Å². The Bertz CT molecular complexity index is 740. The quantitative estimate of drug-likeness (QED) is 0.530. The largest absolute Gasteiger partial charge is 0.496 e. The van der Waals surface area contributed by atoms with Crippen LogP contribution >= 0.6 is 0 Å². The van der Waals surface area contributed by atoms with Crippen molar-refractivity contribution in [1.29, 1.82) is 0 Å². The van der Waals surface area contributed by atoms with Crippen LogP contribution in [0.4, 0.5) is 26.3 Å². The third-order valence-corrected chi connectivity index (χ3v) is 4.23. The Labute approximate surface area is 182 Å². The van der Waals surface area contributed by atoms with Gasteiger partial charge in [-0.1, -0.05) is 36.4 Å². The lowest BCUT2D eigenvalue weighted by atomic mass is 10.0. The number of aliphatic hydroxyl groups excluding tert-OH is 2. The van der Waals surface area contributed by atoms with Gasteiger partial charge < -0.3 is 19.7 Å². The zero-order valence-corrected chi connectivity index (χ0v) is 17.6. The summed E-state index contributed by atoms with van der Waals surface area (Å²) in [5, 5.41) is 18.6. The molecule has 0 saturated carbocycles. The standard InChI is InChI=1S/2C11H13F3O2/c2*1-16-10-5-3-2-4-8(10)6-9(15)7-11(12,13)14/h2*2-5,9,15H,6-7H2,1H3/t9-;/m1./s1. The molecular formula is C22H26F6O4. The van der Waals surface area contributed by atoms with Gasteiger partial charge in [0.05, 0.1) is 39.3 Å². The maximum Gasteiger partial charge on any atom is 0.391 e. The summed E-state index contributed by atoms with van der Waals surface area (Å²) in [4.78, 5) is 0. The number of hydrogen-bond acceptors (Lipinski definition) is 4. The van der Waals surface area contributed by atoms with Crippen LogP contribution in [0.3, 0.4) is 0 Å². The fourth-order valence-corrected chi connectivity index (χ4v) is 2.93. The number of methoxy groups -OCH3 is 2. The zero-order chi connectivity index (χ0) is 24.4. The Morgan fingerprint density at radius 3 is 1.25 bits per heavy atom. The monoisotopic (exact) mass is 468 g/mol. The van der Waals surface area contributed by atoms with E-state index in [4.69, 9.17) is 9.47 Å². The Morgan fingerprint density at radius 1 is 0.656 bits per heavy atom. The highest BCUT2D eigenvalue weighted by Crippen LogP contribution is 2.27. The molecule has 10 heteroatoms. The van der Waals surface area contributed by atoms with Crippen LogP contribution in [0.2, 0.25) is 0 Å². The number of rotatable bonds is 8. The number of halogens is 6. The van der Waals surface area contributed by atoms with E-state index in [1.54, 1.807) is 48.5 Å². The average Bonchev–Trinajstić information content (AvgIpc) is 2.66. The zero-order valence-electron chi connectivity index (χ0n) is 17.6.